The Morgan fingerprint density at radius 3 is 2.60 bits per heavy atom. The van der Waals surface area contributed by atoms with Gasteiger partial charge >= 0.3 is 0 Å². The summed E-state index contributed by atoms with van der Waals surface area (Å²) in [6.07, 6.45) is -0.0334. The molecule has 0 unspecified atom stereocenters. The second-order valence-electron chi connectivity index (χ2n) is 5.22. The quantitative estimate of drug-likeness (QED) is 0.484. The number of aromatic hydroxyl groups is 2. The van der Waals surface area contributed by atoms with E-state index in [4.69, 9.17) is 11.6 Å². The van der Waals surface area contributed by atoms with Gasteiger partial charge in [-0.15, -0.1) is 0 Å². The Kier molecular flexibility index (Phi) is 5.97. The smallest absolute Gasteiger partial charge is 0.275 e. The Hall–Kier alpha value is -3.06. The van der Waals surface area contributed by atoms with Gasteiger partial charge < -0.3 is 15.5 Å². The van der Waals surface area contributed by atoms with Crippen LogP contribution in [0.1, 0.15) is 23.7 Å². The first-order valence-corrected chi connectivity index (χ1v) is 7.64. The molecule has 25 heavy (non-hydrogen) atoms. The summed E-state index contributed by atoms with van der Waals surface area (Å²) in [4.78, 5) is 23.8. The number of hydrogen-bond acceptors (Lipinski definition) is 5. The number of phenolic OH excluding ortho intramolecular Hbond substituents is 2. The summed E-state index contributed by atoms with van der Waals surface area (Å²) in [7, 11) is 0. The average molecular weight is 362 g/mol. The van der Waals surface area contributed by atoms with Gasteiger partial charge in [-0.1, -0.05) is 17.7 Å². The molecule has 0 aliphatic carbocycles. The van der Waals surface area contributed by atoms with Crippen molar-refractivity contribution in [3.05, 3.63) is 53.1 Å². The number of carbonyl (C=O) groups is 2. The number of hydrogen-bond donors (Lipinski definition) is 4. The molecule has 0 atom stereocenters. The highest BCUT2D eigenvalue weighted by molar-refractivity contribution is 6.30. The minimum absolute atomic E-state index is 0.0334. The van der Waals surface area contributed by atoms with Gasteiger partial charge in [-0.3, -0.25) is 9.59 Å². The molecule has 2 aromatic carbocycles. The second kappa shape index (κ2) is 8.16. The Balaban J connectivity index is 1.92. The van der Waals surface area contributed by atoms with E-state index in [1.165, 1.54) is 12.1 Å². The zero-order valence-electron chi connectivity index (χ0n) is 13.3. The van der Waals surface area contributed by atoms with Gasteiger partial charge in [0.25, 0.3) is 5.91 Å². The summed E-state index contributed by atoms with van der Waals surface area (Å²) in [5.74, 6) is -1.51. The van der Waals surface area contributed by atoms with E-state index in [0.29, 0.717) is 16.4 Å². The van der Waals surface area contributed by atoms with Crippen molar-refractivity contribution < 1.29 is 19.8 Å². The van der Waals surface area contributed by atoms with E-state index in [1.807, 2.05) is 0 Å². The predicted molar refractivity (Wildman–Crippen MR) is 95.0 cm³/mol. The van der Waals surface area contributed by atoms with Crippen molar-refractivity contribution in [1.29, 1.82) is 0 Å². The first-order valence-electron chi connectivity index (χ1n) is 7.26. The van der Waals surface area contributed by atoms with Crippen molar-refractivity contribution in [3.8, 4) is 11.5 Å². The number of nitrogens with one attached hydrogen (secondary N) is 2. The molecule has 2 aromatic rings. The number of halogens is 1. The zero-order chi connectivity index (χ0) is 18.4. The van der Waals surface area contributed by atoms with Crippen LogP contribution in [0, 0.1) is 0 Å². The van der Waals surface area contributed by atoms with E-state index >= 15 is 0 Å². The molecular weight excluding hydrogens is 346 g/mol. The molecule has 8 heteroatoms. The van der Waals surface area contributed by atoms with Crippen LogP contribution in [0.25, 0.3) is 0 Å². The molecular formula is C17H16ClN3O4. The maximum Gasteiger partial charge on any atom is 0.275 e. The molecule has 0 saturated carbocycles. The van der Waals surface area contributed by atoms with E-state index in [0.717, 1.165) is 6.07 Å². The van der Waals surface area contributed by atoms with Crippen molar-refractivity contribution in [2.45, 2.75) is 13.3 Å². The van der Waals surface area contributed by atoms with Crippen molar-refractivity contribution in [1.82, 2.24) is 5.43 Å². The third kappa shape index (κ3) is 5.50. The number of hydrazone groups is 1. The lowest BCUT2D eigenvalue weighted by Crippen LogP contribution is -2.21. The van der Waals surface area contributed by atoms with Gasteiger partial charge in [0, 0.05) is 22.5 Å². The van der Waals surface area contributed by atoms with E-state index in [-0.39, 0.29) is 29.4 Å². The SMILES string of the molecule is CC(CC(=O)Nc1cccc(Cl)c1)=NNC(=O)c1ccc(O)cc1O. The summed E-state index contributed by atoms with van der Waals surface area (Å²) in [5, 5.41) is 25.8. The molecule has 4 N–H and O–H groups in total. The van der Waals surface area contributed by atoms with Gasteiger partial charge in [0.05, 0.1) is 12.0 Å². The van der Waals surface area contributed by atoms with Crippen LogP contribution in [0.5, 0.6) is 11.5 Å². The van der Waals surface area contributed by atoms with E-state index in [1.54, 1.807) is 31.2 Å². The predicted octanol–water partition coefficient (Wildman–Crippen LogP) is 2.89. The molecule has 7 nitrogen and oxygen atoms in total. The highest BCUT2D eigenvalue weighted by atomic mass is 35.5. The molecule has 0 spiro atoms. The molecule has 2 amide bonds. The summed E-state index contributed by atoms with van der Waals surface area (Å²) in [5.41, 5.74) is 3.13. The fraction of sp³-hybridized carbons (Fsp3) is 0.118. The molecule has 0 saturated heterocycles. The number of benzene rings is 2. The van der Waals surface area contributed by atoms with Crippen molar-refractivity contribution in [2.24, 2.45) is 5.10 Å². The van der Waals surface area contributed by atoms with Crippen LogP contribution in [0.3, 0.4) is 0 Å². The van der Waals surface area contributed by atoms with Gasteiger partial charge in [0.2, 0.25) is 5.91 Å². The molecule has 0 fully saturated rings. The van der Waals surface area contributed by atoms with Crippen LogP contribution in [-0.4, -0.2) is 27.7 Å². The highest BCUT2D eigenvalue weighted by Crippen LogP contribution is 2.22. The molecule has 0 heterocycles. The minimum Gasteiger partial charge on any atom is -0.508 e. The molecule has 0 aromatic heterocycles. The van der Waals surface area contributed by atoms with Crippen LogP contribution in [0.2, 0.25) is 5.02 Å². The van der Waals surface area contributed by atoms with Crippen LogP contribution in [0.4, 0.5) is 5.69 Å². The molecule has 0 radical (unpaired) electrons. The van der Waals surface area contributed by atoms with Gasteiger partial charge in [0.1, 0.15) is 11.5 Å². The van der Waals surface area contributed by atoms with Gasteiger partial charge in [0.15, 0.2) is 0 Å². The molecule has 0 aliphatic rings. The lowest BCUT2D eigenvalue weighted by Gasteiger charge is -2.06. The van der Waals surface area contributed by atoms with E-state index < -0.39 is 5.91 Å². The molecule has 0 aliphatic heterocycles. The fourth-order valence-electron chi connectivity index (χ4n) is 1.96. The van der Waals surface area contributed by atoms with Crippen LogP contribution >= 0.6 is 11.6 Å². The molecule has 2 rings (SSSR count). The number of rotatable bonds is 5. The summed E-state index contributed by atoms with van der Waals surface area (Å²) >= 11 is 5.84. The molecule has 0 bridgehead atoms. The zero-order valence-corrected chi connectivity index (χ0v) is 14.0. The average Bonchev–Trinajstić information content (AvgIpc) is 2.52. The summed E-state index contributed by atoms with van der Waals surface area (Å²) in [6.45, 7) is 1.58. The van der Waals surface area contributed by atoms with Gasteiger partial charge in [-0.2, -0.15) is 5.10 Å². The van der Waals surface area contributed by atoms with Crippen molar-refractivity contribution >= 4 is 34.8 Å². The maximum atomic E-state index is 11.9. The summed E-state index contributed by atoms with van der Waals surface area (Å²) in [6, 6.07) is 10.3. The lowest BCUT2D eigenvalue weighted by molar-refractivity contribution is -0.115. The third-order valence-corrected chi connectivity index (χ3v) is 3.33. The Bertz CT molecular complexity index is 836. The van der Waals surface area contributed by atoms with Crippen LogP contribution in [-0.2, 0) is 4.79 Å². The number of carbonyl (C=O) groups excluding carboxylic acids is 2. The number of anilines is 1. The topological polar surface area (TPSA) is 111 Å². The molecule has 130 valence electrons. The van der Waals surface area contributed by atoms with Crippen LogP contribution < -0.4 is 10.7 Å². The fourth-order valence-corrected chi connectivity index (χ4v) is 2.15. The van der Waals surface area contributed by atoms with Crippen molar-refractivity contribution in [2.75, 3.05) is 5.32 Å². The lowest BCUT2D eigenvalue weighted by atomic mass is 10.2. The Morgan fingerprint density at radius 1 is 1.16 bits per heavy atom. The van der Waals surface area contributed by atoms with E-state index in [2.05, 4.69) is 15.8 Å². The van der Waals surface area contributed by atoms with Crippen LogP contribution in [0.15, 0.2) is 47.6 Å². The monoisotopic (exact) mass is 361 g/mol. The maximum absolute atomic E-state index is 11.9. The van der Waals surface area contributed by atoms with E-state index in [9.17, 15) is 19.8 Å². The number of amides is 2. The largest absolute Gasteiger partial charge is 0.508 e. The second-order valence-corrected chi connectivity index (χ2v) is 5.66. The standard InChI is InChI=1S/C17H16ClN3O4/c1-10(7-16(24)19-12-4-2-3-11(18)8-12)20-21-17(25)14-6-5-13(22)9-15(14)23/h2-6,8-9,22-23H,7H2,1H3,(H,19,24)(H,21,25). The summed E-state index contributed by atoms with van der Waals surface area (Å²) < 4.78 is 0. The Morgan fingerprint density at radius 2 is 1.92 bits per heavy atom. The first kappa shape index (κ1) is 18.3. The Labute approximate surface area is 148 Å². The van der Waals surface area contributed by atoms with Gasteiger partial charge in [-0.05, 0) is 37.3 Å². The number of nitrogens with zero attached hydrogens (tertiary/aromatic N) is 1. The minimum atomic E-state index is -0.660. The first-order chi connectivity index (χ1) is 11.8. The third-order valence-electron chi connectivity index (χ3n) is 3.10. The number of phenols is 2. The normalized spacial score (nSPS) is 11.0. The van der Waals surface area contributed by atoms with Crippen molar-refractivity contribution in [3.63, 3.8) is 0 Å². The highest BCUT2D eigenvalue weighted by Gasteiger charge is 2.11. The van der Waals surface area contributed by atoms with Gasteiger partial charge in [-0.25, -0.2) is 5.43 Å².